The molecule has 0 aromatic carbocycles. The van der Waals surface area contributed by atoms with E-state index in [2.05, 4.69) is 28.0 Å². The number of rotatable bonds is 7. The third-order valence-electron chi connectivity index (χ3n) is 6.29. The monoisotopic (exact) mass is 421 g/mol. The summed E-state index contributed by atoms with van der Waals surface area (Å²) in [5, 5.41) is 31.6. The average Bonchev–Trinajstić information content (AvgIpc) is 3.56. The standard InChI is InChI=1S/C22H27N7O2/c1-2-15-4-3-5-19(15)28-13-17(11-25-28)22-20-6-8-23-29(20)14-18(26-22)16-10-24-27(12-16)9-7-21(30)31/h6,8,10-15,19,21,30-31H,2-5,7,9H2,1H3/t15-,19+/m1/s1. The molecule has 0 aliphatic heterocycles. The molecule has 9 heteroatoms. The van der Waals surface area contributed by atoms with Crippen LogP contribution >= 0.6 is 0 Å². The maximum absolute atomic E-state index is 9.09. The van der Waals surface area contributed by atoms with E-state index < -0.39 is 6.29 Å². The first-order valence-corrected chi connectivity index (χ1v) is 10.9. The van der Waals surface area contributed by atoms with Crippen LogP contribution in [0.3, 0.4) is 0 Å². The summed E-state index contributed by atoms with van der Waals surface area (Å²) in [6.45, 7) is 2.68. The molecule has 0 spiro atoms. The molecule has 0 unspecified atom stereocenters. The maximum Gasteiger partial charge on any atom is 0.153 e. The molecule has 2 atom stereocenters. The number of aliphatic hydroxyl groups is 2. The molecule has 1 aliphatic carbocycles. The van der Waals surface area contributed by atoms with Gasteiger partial charge >= 0.3 is 0 Å². The van der Waals surface area contributed by atoms with E-state index in [1.54, 1.807) is 17.1 Å². The third-order valence-corrected chi connectivity index (χ3v) is 6.29. The fraction of sp³-hybridized carbons (Fsp3) is 0.455. The first kappa shape index (κ1) is 19.9. The van der Waals surface area contributed by atoms with Crippen molar-refractivity contribution in [2.24, 2.45) is 5.92 Å². The molecule has 162 valence electrons. The summed E-state index contributed by atoms with van der Waals surface area (Å²) >= 11 is 0. The van der Waals surface area contributed by atoms with Crippen LogP contribution in [0.1, 0.15) is 45.1 Å². The molecule has 0 bridgehead atoms. The minimum absolute atomic E-state index is 0.219. The smallest absolute Gasteiger partial charge is 0.153 e. The predicted molar refractivity (Wildman–Crippen MR) is 115 cm³/mol. The second kappa shape index (κ2) is 8.24. The van der Waals surface area contributed by atoms with Gasteiger partial charge in [-0.25, -0.2) is 9.50 Å². The van der Waals surface area contributed by atoms with Crippen LogP contribution in [-0.2, 0) is 6.54 Å². The van der Waals surface area contributed by atoms with Gasteiger partial charge in [0.2, 0.25) is 0 Å². The van der Waals surface area contributed by atoms with E-state index >= 15 is 0 Å². The lowest BCUT2D eigenvalue weighted by Gasteiger charge is -2.18. The Bertz CT molecular complexity index is 1180. The highest BCUT2D eigenvalue weighted by molar-refractivity contribution is 5.78. The van der Waals surface area contributed by atoms with Gasteiger partial charge in [-0.2, -0.15) is 15.3 Å². The summed E-state index contributed by atoms with van der Waals surface area (Å²) in [5.41, 5.74) is 4.34. The molecule has 4 aromatic rings. The number of aliphatic hydroxyl groups excluding tert-OH is 1. The molecular formula is C22H27N7O2. The summed E-state index contributed by atoms with van der Waals surface area (Å²) in [6, 6.07) is 2.42. The minimum Gasteiger partial charge on any atom is -0.368 e. The fourth-order valence-electron chi connectivity index (χ4n) is 4.63. The molecule has 0 radical (unpaired) electrons. The highest BCUT2D eigenvalue weighted by Gasteiger charge is 2.28. The van der Waals surface area contributed by atoms with Crippen LogP contribution in [0.4, 0.5) is 0 Å². The number of hydrogen-bond acceptors (Lipinski definition) is 6. The van der Waals surface area contributed by atoms with Crippen LogP contribution in [0.15, 0.2) is 43.2 Å². The highest BCUT2D eigenvalue weighted by Crippen LogP contribution is 2.38. The number of aromatic nitrogens is 7. The van der Waals surface area contributed by atoms with Gasteiger partial charge < -0.3 is 10.2 Å². The van der Waals surface area contributed by atoms with Crippen molar-refractivity contribution < 1.29 is 10.2 Å². The number of nitrogens with zero attached hydrogens (tertiary/aromatic N) is 7. The summed E-state index contributed by atoms with van der Waals surface area (Å²) in [5.74, 6) is 0.685. The predicted octanol–water partition coefficient (Wildman–Crippen LogP) is 2.91. The van der Waals surface area contributed by atoms with E-state index in [-0.39, 0.29) is 6.42 Å². The molecule has 0 saturated heterocycles. The first-order chi connectivity index (χ1) is 15.1. The van der Waals surface area contributed by atoms with Crippen molar-refractivity contribution in [3.8, 4) is 22.5 Å². The van der Waals surface area contributed by atoms with E-state index in [4.69, 9.17) is 20.3 Å². The molecule has 2 N–H and O–H groups in total. The zero-order valence-corrected chi connectivity index (χ0v) is 17.5. The van der Waals surface area contributed by atoms with Crippen molar-refractivity contribution in [1.29, 1.82) is 0 Å². The number of aryl methyl sites for hydroxylation is 1. The Hall–Kier alpha value is -3.04. The average molecular weight is 422 g/mol. The normalized spacial score (nSPS) is 19.1. The Morgan fingerprint density at radius 2 is 1.94 bits per heavy atom. The Morgan fingerprint density at radius 1 is 1.06 bits per heavy atom. The SMILES string of the molecule is CC[C@@H]1CCC[C@@H]1n1cc(-c2nc(-c3cnn(CCC(O)O)c3)cn3nccc23)cn1. The summed E-state index contributed by atoms with van der Waals surface area (Å²) in [6.07, 6.45) is 15.0. The van der Waals surface area contributed by atoms with Crippen molar-refractivity contribution in [3.05, 3.63) is 43.2 Å². The quantitative estimate of drug-likeness (QED) is 0.445. The lowest BCUT2D eigenvalue weighted by molar-refractivity contribution is -0.0482. The fourth-order valence-corrected chi connectivity index (χ4v) is 4.63. The lowest BCUT2D eigenvalue weighted by atomic mass is 10.0. The van der Waals surface area contributed by atoms with Crippen molar-refractivity contribution in [1.82, 2.24) is 34.2 Å². The van der Waals surface area contributed by atoms with Crippen molar-refractivity contribution >= 4 is 5.52 Å². The molecular weight excluding hydrogens is 394 g/mol. The van der Waals surface area contributed by atoms with Crippen LogP contribution < -0.4 is 0 Å². The van der Waals surface area contributed by atoms with E-state index in [9.17, 15) is 0 Å². The Labute approximate surface area is 180 Å². The molecule has 4 heterocycles. The van der Waals surface area contributed by atoms with E-state index in [1.165, 1.54) is 25.7 Å². The third kappa shape index (κ3) is 3.86. The van der Waals surface area contributed by atoms with E-state index in [0.717, 1.165) is 28.0 Å². The van der Waals surface area contributed by atoms with E-state index in [0.29, 0.717) is 18.5 Å². The zero-order valence-electron chi connectivity index (χ0n) is 17.5. The van der Waals surface area contributed by atoms with E-state index in [1.807, 2.05) is 29.2 Å². The van der Waals surface area contributed by atoms with Crippen molar-refractivity contribution in [2.45, 2.75) is 57.9 Å². The largest absolute Gasteiger partial charge is 0.368 e. The molecule has 1 saturated carbocycles. The van der Waals surface area contributed by atoms with Crippen LogP contribution in [-0.4, -0.2) is 50.7 Å². The highest BCUT2D eigenvalue weighted by atomic mass is 16.5. The van der Waals surface area contributed by atoms with Gasteiger partial charge in [0, 0.05) is 36.5 Å². The Morgan fingerprint density at radius 3 is 2.77 bits per heavy atom. The molecule has 1 aliphatic rings. The van der Waals surface area contributed by atoms with Crippen LogP contribution in [0.5, 0.6) is 0 Å². The minimum atomic E-state index is -1.35. The molecule has 1 fully saturated rings. The van der Waals surface area contributed by atoms with Crippen molar-refractivity contribution in [3.63, 3.8) is 0 Å². The Kier molecular flexibility index (Phi) is 5.29. The molecule has 0 amide bonds. The van der Waals surface area contributed by atoms with Gasteiger partial charge in [-0.05, 0) is 24.8 Å². The molecule has 9 nitrogen and oxygen atoms in total. The second-order valence-corrected chi connectivity index (χ2v) is 8.27. The van der Waals surface area contributed by atoms with Gasteiger partial charge in [-0.3, -0.25) is 9.36 Å². The molecule has 4 aromatic heterocycles. The Balaban J connectivity index is 1.49. The van der Waals surface area contributed by atoms with Crippen LogP contribution in [0.2, 0.25) is 0 Å². The second-order valence-electron chi connectivity index (χ2n) is 8.27. The molecule has 5 rings (SSSR count). The summed E-state index contributed by atoms with van der Waals surface area (Å²) in [4.78, 5) is 4.94. The van der Waals surface area contributed by atoms with Gasteiger partial charge in [-0.15, -0.1) is 0 Å². The van der Waals surface area contributed by atoms with Crippen LogP contribution in [0.25, 0.3) is 28.0 Å². The molecule has 31 heavy (non-hydrogen) atoms. The number of fused-ring (bicyclic) bond motifs is 1. The van der Waals surface area contributed by atoms with Gasteiger partial charge in [-0.1, -0.05) is 19.8 Å². The topological polar surface area (TPSA) is 106 Å². The van der Waals surface area contributed by atoms with Crippen molar-refractivity contribution in [2.75, 3.05) is 0 Å². The summed E-state index contributed by atoms with van der Waals surface area (Å²) < 4.78 is 5.64. The lowest BCUT2D eigenvalue weighted by Crippen LogP contribution is -2.13. The maximum atomic E-state index is 9.09. The zero-order chi connectivity index (χ0) is 21.4. The van der Waals surface area contributed by atoms with Gasteiger partial charge in [0.1, 0.15) is 0 Å². The van der Waals surface area contributed by atoms with Crippen LogP contribution in [0, 0.1) is 5.92 Å². The van der Waals surface area contributed by atoms with Gasteiger partial charge in [0.25, 0.3) is 0 Å². The number of hydrogen-bond donors (Lipinski definition) is 2. The summed E-state index contributed by atoms with van der Waals surface area (Å²) in [7, 11) is 0. The first-order valence-electron chi connectivity index (χ1n) is 10.9. The van der Waals surface area contributed by atoms with Gasteiger partial charge in [0.15, 0.2) is 6.29 Å². The van der Waals surface area contributed by atoms with Gasteiger partial charge in [0.05, 0.1) is 47.7 Å².